The molecule has 1 saturated heterocycles. The van der Waals surface area contributed by atoms with Crippen LogP contribution in [0.25, 0.3) is 0 Å². The molecule has 1 fully saturated rings. The van der Waals surface area contributed by atoms with Gasteiger partial charge in [0.15, 0.2) is 6.29 Å². The summed E-state index contributed by atoms with van der Waals surface area (Å²) < 4.78 is 10.3. The predicted molar refractivity (Wildman–Crippen MR) is 62.0 cm³/mol. The molecular formula is C11H20O8. The smallest absolute Gasteiger partial charge is 0.187 e. The van der Waals surface area contributed by atoms with Crippen molar-refractivity contribution in [3.05, 3.63) is 11.6 Å². The zero-order valence-electron chi connectivity index (χ0n) is 10.3. The molecule has 1 heterocycles. The predicted octanol–water partition coefficient (Wildman–Crippen LogP) is -3.29. The Morgan fingerprint density at radius 1 is 1.05 bits per heavy atom. The number of aliphatic hydroxyl groups is 6. The van der Waals surface area contributed by atoms with Gasteiger partial charge in [-0.2, -0.15) is 0 Å². The van der Waals surface area contributed by atoms with E-state index >= 15 is 0 Å². The van der Waals surface area contributed by atoms with Gasteiger partial charge in [-0.3, -0.25) is 0 Å². The molecule has 0 aliphatic carbocycles. The summed E-state index contributed by atoms with van der Waals surface area (Å²) in [5.41, 5.74) is 0.375. The van der Waals surface area contributed by atoms with Crippen molar-refractivity contribution in [2.75, 3.05) is 26.4 Å². The van der Waals surface area contributed by atoms with Crippen LogP contribution in [0.2, 0.25) is 0 Å². The minimum Gasteiger partial charge on any atom is -0.394 e. The second-order valence-electron chi connectivity index (χ2n) is 4.21. The lowest BCUT2D eigenvalue weighted by Crippen LogP contribution is -2.59. The van der Waals surface area contributed by atoms with E-state index in [0.717, 1.165) is 0 Å². The lowest BCUT2D eigenvalue weighted by molar-refractivity contribution is -0.299. The number of aliphatic hydroxyl groups excluding tert-OH is 6. The summed E-state index contributed by atoms with van der Waals surface area (Å²) in [5.74, 6) is 0. The third-order valence-electron chi connectivity index (χ3n) is 2.86. The van der Waals surface area contributed by atoms with Crippen molar-refractivity contribution in [3.63, 3.8) is 0 Å². The van der Waals surface area contributed by atoms with Crippen molar-refractivity contribution < 1.29 is 40.1 Å². The molecule has 0 aromatic heterocycles. The number of rotatable bonds is 6. The summed E-state index contributed by atoms with van der Waals surface area (Å²) in [5, 5.41) is 55.3. The summed E-state index contributed by atoms with van der Waals surface area (Å²) >= 11 is 0. The molecule has 6 N–H and O–H groups in total. The molecule has 0 amide bonds. The average Bonchev–Trinajstić information content (AvgIpc) is 2.42. The minimum atomic E-state index is -1.50. The summed E-state index contributed by atoms with van der Waals surface area (Å²) in [6, 6.07) is 0. The fraction of sp³-hybridized carbons (Fsp3) is 0.818. The van der Waals surface area contributed by atoms with E-state index < -0.39 is 37.3 Å². The molecule has 0 aromatic carbocycles. The van der Waals surface area contributed by atoms with Gasteiger partial charge in [0, 0.05) is 0 Å². The standard InChI is InChI=1S/C11H20O8/c12-2-1-6(3-13)5-18-11-10(17)9(16)8(15)7(4-14)19-11/h1,7-17H,2-5H2/b6-1+/t7-,8-,9+,10-,11-/m1/s1. The van der Waals surface area contributed by atoms with Crippen molar-refractivity contribution in [2.45, 2.75) is 30.7 Å². The van der Waals surface area contributed by atoms with Crippen LogP contribution in [0.4, 0.5) is 0 Å². The van der Waals surface area contributed by atoms with Crippen LogP contribution < -0.4 is 0 Å². The maximum atomic E-state index is 9.66. The molecule has 1 aliphatic heterocycles. The first-order valence-corrected chi connectivity index (χ1v) is 5.86. The van der Waals surface area contributed by atoms with Gasteiger partial charge in [0.1, 0.15) is 24.4 Å². The molecule has 0 unspecified atom stereocenters. The fourth-order valence-corrected chi connectivity index (χ4v) is 1.69. The highest BCUT2D eigenvalue weighted by Crippen LogP contribution is 2.22. The highest BCUT2D eigenvalue weighted by atomic mass is 16.7. The molecule has 0 bridgehead atoms. The summed E-state index contributed by atoms with van der Waals surface area (Å²) in [6.07, 6.45) is -5.37. The summed E-state index contributed by atoms with van der Waals surface area (Å²) in [6.45, 7) is -1.27. The van der Waals surface area contributed by atoms with Crippen LogP contribution in [0.3, 0.4) is 0 Å². The molecule has 5 atom stereocenters. The Bertz CT molecular complexity index is 292. The van der Waals surface area contributed by atoms with E-state index in [9.17, 15) is 15.3 Å². The Kier molecular flexibility index (Phi) is 6.83. The normalized spacial score (nSPS) is 36.5. The van der Waals surface area contributed by atoms with Crippen LogP contribution in [0.15, 0.2) is 11.6 Å². The van der Waals surface area contributed by atoms with E-state index in [1.807, 2.05) is 0 Å². The number of ether oxygens (including phenoxy) is 2. The number of hydrogen-bond donors (Lipinski definition) is 6. The minimum absolute atomic E-state index is 0.125. The lowest BCUT2D eigenvalue weighted by Gasteiger charge is -2.39. The number of hydrogen-bond acceptors (Lipinski definition) is 8. The molecule has 8 nitrogen and oxygen atoms in total. The maximum absolute atomic E-state index is 9.66. The molecule has 112 valence electrons. The zero-order chi connectivity index (χ0) is 14.4. The fourth-order valence-electron chi connectivity index (χ4n) is 1.69. The molecule has 0 saturated carbocycles. The van der Waals surface area contributed by atoms with Crippen LogP contribution in [-0.2, 0) is 9.47 Å². The molecular weight excluding hydrogens is 260 g/mol. The van der Waals surface area contributed by atoms with Crippen LogP contribution in [0, 0.1) is 0 Å². The topological polar surface area (TPSA) is 140 Å². The van der Waals surface area contributed by atoms with Gasteiger partial charge in [0.05, 0.1) is 26.4 Å². The van der Waals surface area contributed by atoms with Gasteiger partial charge in [-0.1, -0.05) is 6.08 Å². The first-order valence-electron chi connectivity index (χ1n) is 5.86. The third-order valence-corrected chi connectivity index (χ3v) is 2.86. The van der Waals surface area contributed by atoms with Crippen LogP contribution >= 0.6 is 0 Å². The second-order valence-corrected chi connectivity index (χ2v) is 4.21. The SMILES string of the molecule is OC/C=C(\CO)CO[C@@H]1O[C@H](CO)[C@@H](O)[C@H](O)[C@H]1O. The van der Waals surface area contributed by atoms with Gasteiger partial charge < -0.3 is 40.1 Å². The maximum Gasteiger partial charge on any atom is 0.187 e. The third kappa shape index (κ3) is 4.20. The molecule has 1 aliphatic rings. The Labute approximate surface area is 110 Å². The monoisotopic (exact) mass is 280 g/mol. The Hall–Kier alpha value is -0.580. The van der Waals surface area contributed by atoms with Gasteiger partial charge in [0.25, 0.3) is 0 Å². The Balaban J connectivity index is 2.59. The molecule has 8 heteroatoms. The lowest BCUT2D eigenvalue weighted by atomic mass is 9.99. The van der Waals surface area contributed by atoms with Gasteiger partial charge in [0.2, 0.25) is 0 Å². The Morgan fingerprint density at radius 3 is 2.26 bits per heavy atom. The largest absolute Gasteiger partial charge is 0.394 e. The van der Waals surface area contributed by atoms with Gasteiger partial charge in [-0.05, 0) is 5.57 Å². The first-order chi connectivity index (χ1) is 9.04. The average molecular weight is 280 g/mol. The quantitative estimate of drug-likeness (QED) is 0.278. The highest BCUT2D eigenvalue weighted by molar-refractivity contribution is 5.02. The molecule has 19 heavy (non-hydrogen) atoms. The Morgan fingerprint density at radius 2 is 1.74 bits per heavy atom. The van der Waals surface area contributed by atoms with Crippen molar-refractivity contribution in [1.82, 2.24) is 0 Å². The van der Waals surface area contributed by atoms with E-state index in [2.05, 4.69) is 0 Å². The first kappa shape index (κ1) is 16.5. The molecule has 0 radical (unpaired) electrons. The van der Waals surface area contributed by atoms with Gasteiger partial charge in [-0.25, -0.2) is 0 Å². The van der Waals surface area contributed by atoms with E-state index in [0.29, 0.717) is 5.57 Å². The van der Waals surface area contributed by atoms with Crippen molar-refractivity contribution in [3.8, 4) is 0 Å². The summed E-state index contributed by atoms with van der Waals surface area (Å²) in [7, 11) is 0. The van der Waals surface area contributed by atoms with Crippen LogP contribution in [-0.4, -0.2) is 87.8 Å². The molecule has 0 aromatic rings. The molecule has 0 spiro atoms. The van der Waals surface area contributed by atoms with E-state index in [1.165, 1.54) is 6.08 Å². The zero-order valence-corrected chi connectivity index (χ0v) is 10.3. The molecule has 1 rings (SSSR count). The van der Waals surface area contributed by atoms with Crippen molar-refractivity contribution in [2.24, 2.45) is 0 Å². The van der Waals surface area contributed by atoms with Gasteiger partial charge in [-0.15, -0.1) is 0 Å². The van der Waals surface area contributed by atoms with Gasteiger partial charge >= 0.3 is 0 Å². The van der Waals surface area contributed by atoms with Crippen LogP contribution in [0.1, 0.15) is 0 Å². The van der Waals surface area contributed by atoms with E-state index in [4.69, 9.17) is 24.8 Å². The van der Waals surface area contributed by atoms with E-state index in [1.54, 1.807) is 0 Å². The van der Waals surface area contributed by atoms with Crippen molar-refractivity contribution >= 4 is 0 Å². The van der Waals surface area contributed by atoms with Crippen LogP contribution in [0.5, 0.6) is 0 Å². The highest BCUT2D eigenvalue weighted by Gasteiger charge is 2.43. The van der Waals surface area contributed by atoms with E-state index in [-0.39, 0.29) is 19.8 Å². The second kappa shape index (κ2) is 7.88. The summed E-state index contributed by atoms with van der Waals surface area (Å²) in [4.78, 5) is 0. The van der Waals surface area contributed by atoms with Crippen molar-refractivity contribution in [1.29, 1.82) is 0 Å².